The van der Waals surface area contributed by atoms with Crippen LogP contribution in [-0.4, -0.2) is 21.6 Å². The summed E-state index contributed by atoms with van der Waals surface area (Å²) in [4.78, 5) is 4.46. The number of aromatic nitrogens is 3. The second-order valence-electron chi connectivity index (χ2n) is 3.21. The molecule has 0 saturated carbocycles. The summed E-state index contributed by atoms with van der Waals surface area (Å²) >= 11 is 0. The van der Waals surface area contributed by atoms with Crippen molar-refractivity contribution in [2.45, 2.75) is 19.9 Å². The number of nitrogens with one attached hydrogen (secondary N) is 1. The number of hydrogen-bond donors (Lipinski definition) is 1. The minimum atomic E-state index is 0.826. The van der Waals surface area contributed by atoms with E-state index in [1.54, 1.807) is 0 Å². The fourth-order valence-electron chi connectivity index (χ4n) is 1.48. The normalized spacial score (nSPS) is 11.0. The Morgan fingerprint density at radius 2 is 2.36 bits per heavy atom. The second kappa shape index (κ2) is 3.75. The van der Waals surface area contributed by atoms with Gasteiger partial charge in [0.15, 0.2) is 11.5 Å². The molecule has 4 nitrogen and oxygen atoms in total. The number of nitrogens with zero attached hydrogens (tertiary/aromatic N) is 3. The van der Waals surface area contributed by atoms with Gasteiger partial charge in [-0.25, -0.2) is 9.50 Å². The van der Waals surface area contributed by atoms with Crippen molar-refractivity contribution in [1.82, 2.24) is 19.9 Å². The van der Waals surface area contributed by atoms with E-state index < -0.39 is 0 Å². The Hall–Kier alpha value is -1.42. The minimum absolute atomic E-state index is 0.826. The third kappa shape index (κ3) is 1.48. The molecule has 0 fully saturated rings. The van der Waals surface area contributed by atoms with Gasteiger partial charge >= 0.3 is 0 Å². The van der Waals surface area contributed by atoms with Gasteiger partial charge in [0.2, 0.25) is 0 Å². The molecule has 4 heteroatoms. The van der Waals surface area contributed by atoms with Crippen molar-refractivity contribution in [1.29, 1.82) is 0 Å². The number of pyridine rings is 1. The highest BCUT2D eigenvalue weighted by Crippen LogP contribution is 2.08. The standard InChI is InChI=1S/C10H14N4/c1-3-9-12-10-8(7-11-2)5-4-6-14(10)13-9/h4-6,11H,3,7H2,1-2H3. The molecule has 0 aromatic carbocycles. The Morgan fingerprint density at radius 1 is 1.50 bits per heavy atom. The van der Waals surface area contributed by atoms with E-state index in [2.05, 4.69) is 28.4 Å². The van der Waals surface area contributed by atoms with E-state index in [1.165, 1.54) is 5.56 Å². The summed E-state index contributed by atoms with van der Waals surface area (Å²) in [5.74, 6) is 0.897. The first-order valence-corrected chi connectivity index (χ1v) is 4.83. The summed E-state index contributed by atoms with van der Waals surface area (Å²) < 4.78 is 1.84. The van der Waals surface area contributed by atoms with Crippen LogP contribution >= 0.6 is 0 Å². The van der Waals surface area contributed by atoms with Gasteiger partial charge in [-0.3, -0.25) is 0 Å². The summed E-state index contributed by atoms with van der Waals surface area (Å²) in [7, 11) is 1.93. The average Bonchev–Trinajstić information content (AvgIpc) is 2.62. The zero-order valence-electron chi connectivity index (χ0n) is 8.49. The molecular weight excluding hydrogens is 176 g/mol. The molecule has 2 aromatic heterocycles. The molecule has 2 heterocycles. The lowest BCUT2D eigenvalue weighted by atomic mass is 10.3. The zero-order chi connectivity index (χ0) is 9.97. The van der Waals surface area contributed by atoms with Crippen molar-refractivity contribution in [3.05, 3.63) is 29.7 Å². The largest absolute Gasteiger partial charge is 0.316 e. The maximum atomic E-state index is 4.46. The van der Waals surface area contributed by atoms with Crippen LogP contribution in [0.2, 0.25) is 0 Å². The summed E-state index contributed by atoms with van der Waals surface area (Å²) in [5, 5.41) is 7.47. The van der Waals surface area contributed by atoms with E-state index in [-0.39, 0.29) is 0 Å². The maximum Gasteiger partial charge on any atom is 0.160 e. The van der Waals surface area contributed by atoms with Gasteiger partial charge in [0.25, 0.3) is 0 Å². The van der Waals surface area contributed by atoms with Gasteiger partial charge in [0.05, 0.1) is 0 Å². The van der Waals surface area contributed by atoms with Crippen molar-refractivity contribution in [2.24, 2.45) is 0 Å². The van der Waals surface area contributed by atoms with Crippen LogP contribution in [0.5, 0.6) is 0 Å². The molecule has 0 amide bonds. The lowest BCUT2D eigenvalue weighted by Crippen LogP contribution is -2.06. The maximum absolute atomic E-state index is 4.46. The molecule has 1 N–H and O–H groups in total. The first-order chi connectivity index (χ1) is 6.85. The van der Waals surface area contributed by atoms with E-state index >= 15 is 0 Å². The summed E-state index contributed by atoms with van der Waals surface area (Å²) in [6.45, 7) is 2.89. The predicted octanol–water partition coefficient (Wildman–Crippen LogP) is 1.01. The van der Waals surface area contributed by atoms with Crippen molar-refractivity contribution in [2.75, 3.05) is 7.05 Å². The van der Waals surface area contributed by atoms with Crippen molar-refractivity contribution >= 4 is 5.65 Å². The molecule has 0 spiro atoms. The van der Waals surface area contributed by atoms with Gasteiger partial charge in [0.1, 0.15) is 0 Å². The Morgan fingerprint density at radius 3 is 3.07 bits per heavy atom. The fraction of sp³-hybridized carbons (Fsp3) is 0.400. The molecule has 0 radical (unpaired) electrons. The van der Waals surface area contributed by atoms with Gasteiger partial charge in [0, 0.05) is 24.7 Å². The van der Waals surface area contributed by atoms with Gasteiger partial charge in [-0.15, -0.1) is 0 Å². The fourth-order valence-corrected chi connectivity index (χ4v) is 1.48. The van der Waals surface area contributed by atoms with Gasteiger partial charge < -0.3 is 5.32 Å². The zero-order valence-corrected chi connectivity index (χ0v) is 8.49. The van der Waals surface area contributed by atoms with Crippen molar-refractivity contribution in [3.63, 3.8) is 0 Å². The number of aryl methyl sites for hydroxylation is 1. The lowest BCUT2D eigenvalue weighted by Gasteiger charge is -1.99. The predicted molar refractivity (Wildman–Crippen MR) is 55.1 cm³/mol. The third-order valence-corrected chi connectivity index (χ3v) is 2.17. The van der Waals surface area contributed by atoms with Gasteiger partial charge in [-0.1, -0.05) is 13.0 Å². The molecule has 74 valence electrons. The smallest absolute Gasteiger partial charge is 0.160 e. The van der Waals surface area contributed by atoms with Crippen LogP contribution in [-0.2, 0) is 13.0 Å². The molecule has 2 aromatic rings. The van der Waals surface area contributed by atoms with Crippen LogP contribution in [0.4, 0.5) is 0 Å². The van der Waals surface area contributed by atoms with E-state index in [9.17, 15) is 0 Å². The van der Waals surface area contributed by atoms with E-state index in [4.69, 9.17) is 0 Å². The van der Waals surface area contributed by atoms with Gasteiger partial charge in [-0.05, 0) is 13.1 Å². The van der Waals surface area contributed by atoms with Crippen LogP contribution < -0.4 is 5.32 Å². The topological polar surface area (TPSA) is 42.2 Å². The molecule has 14 heavy (non-hydrogen) atoms. The van der Waals surface area contributed by atoms with Crippen LogP contribution in [0.15, 0.2) is 18.3 Å². The van der Waals surface area contributed by atoms with E-state index in [1.807, 2.05) is 23.8 Å². The highest BCUT2D eigenvalue weighted by atomic mass is 15.3. The molecule has 0 saturated heterocycles. The molecule has 0 atom stereocenters. The first kappa shape index (κ1) is 9.15. The SMILES string of the molecule is CCc1nc2c(CNC)cccn2n1. The third-order valence-electron chi connectivity index (χ3n) is 2.17. The monoisotopic (exact) mass is 190 g/mol. The summed E-state index contributed by atoms with van der Waals surface area (Å²) in [5.41, 5.74) is 2.14. The van der Waals surface area contributed by atoms with Crippen LogP contribution in [0, 0.1) is 0 Å². The quantitative estimate of drug-likeness (QED) is 0.785. The van der Waals surface area contributed by atoms with E-state index in [0.717, 1.165) is 24.4 Å². The minimum Gasteiger partial charge on any atom is -0.316 e. The number of rotatable bonds is 3. The Bertz CT molecular complexity index is 433. The van der Waals surface area contributed by atoms with Crippen LogP contribution in [0.25, 0.3) is 5.65 Å². The number of hydrogen-bond acceptors (Lipinski definition) is 3. The Balaban J connectivity index is 2.55. The molecule has 0 aliphatic heterocycles. The van der Waals surface area contributed by atoms with E-state index in [0.29, 0.717) is 0 Å². The summed E-state index contributed by atoms with van der Waals surface area (Å²) in [6, 6.07) is 4.06. The van der Waals surface area contributed by atoms with Crippen molar-refractivity contribution in [3.8, 4) is 0 Å². The molecule has 0 unspecified atom stereocenters. The molecular formula is C10H14N4. The molecule has 0 aliphatic rings. The first-order valence-electron chi connectivity index (χ1n) is 4.83. The summed E-state index contributed by atoms with van der Waals surface area (Å²) in [6.07, 6.45) is 2.81. The Kier molecular flexibility index (Phi) is 2.45. The highest BCUT2D eigenvalue weighted by molar-refractivity contribution is 5.46. The average molecular weight is 190 g/mol. The Labute approximate surface area is 83.0 Å². The highest BCUT2D eigenvalue weighted by Gasteiger charge is 2.05. The van der Waals surface area contributed by atoms with Crippen molar-refractivity contribution < 1.29 is 0 Å². The molecule has 0 bridgehead atoms. The van der Waals surface area contributed by atoms with Crippen LogP contribution in [0.1, 0.15) is 18.3 Å². The lowest BCUT2D eigenvalue weighted by molar-refractivity contribution is 0.811. The van der Waals surface area contributed by atoms with Crippen LogP contribution in [0.3, 0.4) is 0 Å². The number of fused-ring (bicyclic) bond motifs is 1. The molecule has 0 aliphatic carbocycles. The second-order valence-corrected chi connectivity index (χ2v) is 3.21. The van der Waals surface area contributed by atoms with Gasteiger partial charge in [-0.2, -0.15) is 5.10 Å². The molecule has 2 rings (SSSR count).